The molecule has 0 spiro atoms. The first kappa shape index (κ1) is 11.5. The summed E-state index contributed by atoms with van der Waals surface area (Å²) in [4.78, 5) is -0.222. The molecule has 0 aliphatic heterocycles. The largest absolute Gasteiger partial charge is 0.244 e. The van der Waals surface area contributed by atoms with Gasteiger partial charge in [-0.25, -0.2) is 8.42 Å². The summed E-state index contributed by atoms with van der Waals surface area (Å²) in [5, 5.41) is -1.27. The number of allylic oxidation sites excluding steroid dienone is 3. The Morgan fingerprint density at radius 3 is 2.43 bits per heavy atom. The first-order valence-electron chi connectivity index (χ1n) is 3.58. The third-order valence-electron chi connectivity index (χ3n) is 1.68. The van der Waals surface area contributed by atoms with Crippen molar-refractivity contribution >= 4 is 34.9 Å². The van der Waals surface area contributed by atoms with Crippen molar-refractivity contribution in [2.75, 3.05) is 0 Å². The van der Waals surface area contributed by atoms with Crippen molar-refractivity contribution in [3.05, 3.63) is 23.8 Å². The Labute approximate surface area is 87.8 Å². The van der Waals surface area contributed by atoms with Crippen molar-refractivity contribution in [2.24, 2.45) is 0 Å². The van der Waals surface area contributed by atoms with Crippen LogP contribution in [-0.2, 0) is 19.3 Å². The Kier molecular flexibility index (Phi) is 3.18. The molecule has 0 heterocycles. The van der Waals surface area contributed by atoms with Gasteiger partial charge in [0.05, 0.1) is 4.86 Å². The van der Waals surface area contributed by atoms with Crippen molar-refractivity contribution in [3.63, 3.8) is 0 Å². The molecule has 4 nitrogen and oxygen atoms in total. The highest BCUT2D eigenvalue weighted by Crippen LogP contribution is 2.17. The molecule has 0 radical (unpaired) electrons. The quantitative estimate of drug-likeness (QED) is 0.505. The van der Waals surface area contributed by atoms with Crippen molar-refractivity contribution < 1.29 is 16.8 Å². The second-order valence-electron chi connectivity index (χ2n) is 2.78. The van der Waals surface area contributed by atoms with E-state index in [2.05, 4.69) is 0 Å². The van der Waals surface area contributed by atoms with E-state index in [9.17, 15) is 16.8 Å². The number of rotatable bonds is 1. The summed E-state index contributed by atoms with van der Waals surface area (Å²) in [6.45, 7) is 1.67. The van der Waals surface area contributed by atoms with Crippen LogP contribution in [0, 0.1) is 0 Å². The van der Waals surface area contributed by atoms with E-state index in [1.54, 1.807) is 6.92 Å². The molecule has 78 valence electrons. The van der Waals surface area contributed by atoms with E-state index in [4.69, 9.17) is 10.7 Å². The average Bonchev–Trinajstić information content (AvgIpc) is 2.01. The van der Waals surface area contributed by atoms with Crippen molar-refractivity contribution in [1.82, 2.24) is 0 Å². The minimum atomic E-state index is -3.93. The Hall–Kier alpha value is -0.590. The van der Waals surface area contributed by atoms with Crippen LogP contribution in [-0.4, -0.2) is 27.0 Å². The van der Waals surface area contributed by atoms with Crippen LogP contribution in [0.15, 0.2) is 23.8 Å². The minimum Gasteiger partial charge on any atom is -0.211 e. The van der Waals surface area contributed by atoms with E-state index in [1.165, 1.54) is 18.2 Å². The molecule has 0 N–H and O–H groups in total. The maximum atomic E-state index is 11.0. The average molecular weight is 255 g/mol. The van der Waals surface area contributed by atoms with Crippen LogP contribution in [0.25, 0.3) is 0 Å². The van der Waals surface area contributed by atoms with Gasteiger partial charge in [-0.05, 0) is 13.0 Å². The van der Waals surface area contributed by atoms with Crippen molar-refractivity contribution in [2.45, 2.75) is 12.2 Å². The smallest absolute Gasteiger partial charge is 0.211 e. The van der Waals surface area contributed by atoms with E-state index in [0.717, 1.165) is 0 Å². The minimum absolute atomic E-state index is 0.222. The van der Waals surface area contributed by atoms with Crippen LogP contribution >= 0.6 is 10.7 Å². The summed E-state index contributed by atoms with van der Waals surface area (Å²) in [5.74, 6) is 0. The van der Waals surface area contributed by atoms with Gasteiger partial charge in [-0.2, -0.15) is 8.42 Å². The fourth-order valence-electron chi connectivity index (χ4n) is 1.06. The second kappa shape index (κ2) is 3.88. The van der Waals surface area contributed by atoms with E-state index < -0.39 is 24.6 Å². The predicted octanol–water partition coefficient (Wildman–Crippen LogP) is 0.491. The fraction of sp³-hybridized carbons (Fsp3) is 0.286. The first-order chi connectivity index (χ1) is 6.32. The van der Waals surface area contributed by atoms with Gasteiger partial charge in [0.15, 0.2) is 0 Å². The molecule has 1 unspecified atom stereocenters. The van der Waals surface area contributed by atoms with Crippen LogP contribution in [0.2, 0.25) is 0 Å². The normalized spacial score (nSPS) is 22.0. The number of hydrogen-bond donors (Lipinski definition) is 0. The van der Waals surface area contributed by atoms with Crippen LogP contribution in [0.1, 0.15) is 6.92 Å². The monoisotopic (exact) mass is 254 g/mol. The van der Waals surface area contributed by atoms with Gasteiger partial charge in [-0.1, -0.05) is 17.7 Å². The molecule has 0 saturated heterocycles. The highest BCUT2D eigenvalue weighted by Gasteiger charge is 2.27. The Morgan fingerprint density at radius 1 is 1.43 bits per heavy atom. The van der Waals surface area contributed by atoms with Gasteiger partial charge in [0.25, 0.3) is 0 Å². The van der Waals surface area contributed by atoms with Crippen LogP contribution in [0.3, 0.4) is 0 Å². The van der Waals surface area contributed by atoms with Crippen molar-refractivity contribution in [1.29, 1.82) is 0 Å². The zero-order valence-electron chi connectivity index (χ0n) is 7.14. The summed E-state index contributed by atoms with van der Waals surface area (Å²) in [6, 6.07) is 0. The lowest BCUT2D eigenvalue weighted by Gasteiger charge is -2.11. The van der Waals surface area contributed by atoms with Gasteiger partial charge in [0, 0.05) is 10.7 Å². The highest BCUT2D eigenvalue weighted by atomic mass is 35.7. The summed E-state index contributed by atoms with van der Waals surface area (Å²) in [5.41, 5.74) is 0.667. The lowest BCUT2D eigenvalue weighted by molar-refractivity contribution is 0.608. The molecule has 1 aliphatic rings. The third-order valence-corrected chi connectivity index (χ3v) is 4.18. The second-order valence-corrected chi connectivity index (χ2v) is 6.47. The van der Waals surface area contributed by atoms with Gasteiger partial charge in [-0.3, -0.25) is 0 Å². The molecule has 0 fully saturated rings. The van der Waals surface area contributed by atoms with Gasteiger partial charge < -0.3 is 0 Å². The van der Waals surface area contributed by atoms with E-state index in [1.807, 2.05) is 0 Å². The Bertz CT molecular complexity index is 528. The SMILES string of the molecule is CC1=CC(=S(=O)=O)C(S(=O)(=O)Cl)C=C1. The van der Waals surface area contributed by atoms with Gasteiger partial charge in [0.2, 0.25) is 19.3 Å². The van der Waals surface area contributed by atoms with E-state index in [0.29, 0.717) is 5.57 Å². The molecular weight excluding hydrogens is 248 g/mol. The summed E-state index contributed by atoms with van der Waals surface area (Å²) >= 11 is 0. The van der Waals surface area contributed by atoms with Gasteiger partial charge >= 0.3 is 0 Å². The Balaban J connectivity index is 3.41. The van der Waals surface area contributed by atoms with Gasteiger partial charge in [-0.15, -0.1) is 0 Å². The van der Waals surface area contributed by atoms with Crippen LogP contribution in [0.5, 0.6) is 0 Å². The standard InChI is InChI=1S/C7H7ClO4S2/c1-5-2-3-7(14(8,11)12)6(4-5)13(9)10/h2-4,7H,1H3. The zero-order valence-corrected chi connectivity index (χ0v) is 9.53. The molecule has 7 heteroatoms. The first-order valence-corrected chi connectivity index (χ1v) is 7.03. The van der Waals surface area contributed by atoms with E-state index in [-0.39, 0.29) is 4.86 Å². The summed E-state index contributed by atoms with van der Waals surface area (Å²) in [6.07, 6.45) is 4.05. The lowest BCUT2D eigenvalue weighted by atomic mass is 10.1. The molecule has 1 atom stereocenters. The Morgan fingerprint density at radius 2 is 2.00 bits per heavy atom. The molecule has 14 heavy (non-hydrogen) atoms. The molecule has 0 aromatic heterocycles. The predicted molar refractivity (Wildman–Crippen MR) is 55.4 cm³/mol. The third kappa shape index (κ3) is 2.46. The summed E-state index contributed by atoms with van der Waals surface area (Å²) < 4.78 is 43.4. The maximum Gasteiger partial charge on any atom is 0.244 e. The highest BCUT2D eigenvalue weighted by molar-refractivity contribution is 8.15. The molecular formula is C7H7ClO4S2. The van der Waals surface area contributed by atoms with E-state index >= 15 is 0 Å². The van der Waals surface area contributed by atoms with Crippen LogP contribution < -0.4 is 0 Å². The number of halogens is 1. The number of hydrogen-bond acceptors (Lipinski definition) is 4. The lowest BCUT2D eigenvalue weighted by Crippen LogP contribution is -2.26. The molecule has 0 saturated carbocycles. The van der Waals surface area contributed by atoms with Crippen LogP contribution in [0.4, 0.5) is 0 Å². The van der Waals surface area contributed by atoms with Crippen molar-refractivity contribution in [3.8, 4) is 0 Å². The summed E-state index contributed by atoms with van der Waals surface area (Å²) in [7, 11) is -1.41. The zero-order chi connectivity index (χ0) is 10.9. The molecule has 1 aliphatic carbocycles. The topological polar surface area (TPSA) is 68.3 Å². The molecule has 0 aromatic rings. The molecule has 0 aromatic carbocycles. The molecule has 0 bridgehead atoms. The maximum absolute atomic E-state index is 11.0. The molecule has 0 amide bonds. The fourth-order valence-corrected chi connectivity index (χ4v) is 3.47. The molecule has 1 rings (SSSR count). The van der Waals surface area contributed by atoms with Gasteiger partial charge in [0.1, 0.15) is 5.25 Å².